The Bertz CT molecular complexity index is 1430. The van der Waals surface area contributed by atoms with Crippen LogP contribution >= 0.6 is 11.3 Å². The summed E-state index contributed by atoms with van der Waals surface area (Å²) in [7, 11) is 1.65. The van der Waals surface area contributed by atoms with Crippen LogP contribution in [0.3, 0.4) is 0 Å². The summed E-state index contributed by atoms with van der Waals surface area (Å²) in [6, 6.07) is 29.1. The van der Waals surface area contributed by atoms with Crippen LogP contribution in [0.1, 0.15) is 10.4 Å². The number of nitrogens with one attached hydrogen (secondary N) is 2. The molecule has 5 rings (SSSR count). The van der Waals surface area contributed by atoms with Crippen LogP contribution in [-0.4, -0.2) is 18.0 Å². The van der Waals surface area contributed by atoms with Gasteiger partial charge in [-0.15, -0.1) is 11.3 Å². The van der Waals surface area contributed by atoms with E-state index in [2.05, 4.69) is 15.6 Å². The summed E-state index contributed by atoms with van der Waals surface area (Å²) in [6.45, 7) is 0. The maximum Gasteiger partial charge on any atom is 0.255 e. The predicted molar refractivity (Wildman–Crippen MR) is 136 cm³/mol. The zero-order valence-corrected chi connectivity index (χ0v) is 18.7. The molecular formula is C27H21N3O2S. The van der Waals surface area contributed by atoms with E-state index in [1.807, 2.05) is 96.4 Å². The highest BCUT2D eigenvalue weighted by Crippen LogP contribution is 2.31. The molecule has 1 amide bonds. The third kappa shape index (κ3) is 4.56. The van der Waals surface area contributed by atoms with Crippen LogP contribution in [0.4, 0.5) is 16.5 Å². The van der Waals surface area contributed by atoms with Crippen LogP contribution in [-0.2, 0) is 0 Å². The number of methoxy groups -OCH3 is 1. The maximum atomic E-state index is 12.7. The fourth-order valence-corrected chi connectivity index (χ4v) is 4.32. The molecule has 0 atom stereocenters. The number of ether oxygens (including phenoxy) is 1. The third-order valence-electron chi connectivity index (χ3n) is 5.30. The minimum Gasteiger partial charge on any atom is -0.495 e. The molecule has 1 aromatic heterocycles. The number of anilines is 3. The average Bonchev–Trinajstić information content (AvgIpc) is 3.33. The predicted octanol–water partition coefficient (Wildman–Crippen LogP) is 6.97. The van der Waals surface area contributed by atoms with Crippen molar-refractivity contribution in [3.05, 3.63) is 102 Å². The zero-order valence-electron chi connectivity index (χ0n) is 17.9. The number of para-hydroxylation sites is 2. The fraction of sp³-hybridized carbons (Fsp3) is 0.0370. The standard InChI is InChI=1S/C27H21N3O2S/c1-32-25-9-5-4-8-23(25)29-27-30-24(17-33-27)19-12-14-22(15-13-19)28-26(31)21-11-10-18-6-2-3-7-20(18)16-21/h2-17H,1H3,(H,28,31)(H,29,30). The third-order valence-corrected chi connectivity index (χ3v) is 6.06. The minimum absolute atomic E-state index is 0.134. The molecule has 33 heavy (non-hydrogen) atoms. The van der Waals surface area contributed by atoms with Crippen LogP contribution in [0, 0.1) is 0 Å². The van der Waals surface area contributed by atoms with E-state index in [9.17, 15) is 4.79 Å². The van der Waals surface area contributed by atoms with Crippen molar-refractivity contribution in [2.24, 2.45) is 0 Å². The summed E-state index contributed by atoms with van der Waals surface area (Å²) in [4.78, 5) is 17.4. The van der Waals surface area contributed by atoms with Gasteiger partial charge in [-0.2, -0.15) is 0 Å². The Morgan fingerprint density at radius 1 is 0.879 bits per heavy atom. The lowest BCUT2D eigenvalue weighted by Gasteiger charge is -2.08. The topological polar surface area (TPSA) is 63.2 Å². The highest BCUT2D eigenvalue weighted by Gasteiger charge is 2.10. The van der Waals surface area contributed by atoms with Gasteiger partial charge in [-0.1, -0.05) is 54.6 Å². The SMILES string of the molecule is COc1ccccc1Nc1nc(-c2ccc(NC(=O)c3ccc4ccccc4c3)cc2)cs1. The van der Waals surface area contributed by atoms with Crippen LogP contribution in [0.25, 0.3) is 22.0 Å². The molecule has 0 aliphatic heterocycles. The lowest BCUT2D eigenvalue weighted by Crippen LogP contribution is -2.11. The van der Waals surface area contributed by atoms with Crippen LogP contribution < -0.4 is 15.4 Å². The van der Waals surface area contributed by atoms with E-state index in [1.54, 1.807) is 7.11 Å². The van der Waals surface area contributed by atoms with Gasteiger partial charge in [0.25, 0.3) is 5.91 Å². The Labute approximate surface area is 195 Å². The summed E-state index contributed by atoms with van der Waals surface area (Å²) < 4.78 is 5.39. The Kier molecular flexibility index (Phi) is 5.74. The Morgan fingerprint density at radius 2 is 1.64 bits per heavy atom. The zero-order chi connectivity index (χ0) is 22.6. The molecule has 0 radical (unpaired) electrons. The monoisotopic (exact) mass is 451 g/mol. The first-order valence-corrected chi connectivity index (χ1v) is 11.3. The van der Waals surface area contributed by atoms with Crippen LogP contribution in [0.15, 0.2) is 96.4 Å². The minimum atomic E-state index is -0.134. The first-order valence-electron chi connectivity index (χ1n) is 10.5. The molecule has 0 fully saturated rings. The van der Waals surface area contributed by atoms with Gasteiger partial charge in [0.1, 0.15) is 5.75 Å². The van der Waals surface area contributed by atoms with Gasteiger partial charge >= 0.3 is 0 Å². The lowest BCUT2D eigenvalue weighted by atomic mass is 10.1. The summed E-state index contributed by atoms with van der Waals surface area (Å²) in [5.74, 6) is 0.631. The van der Waals surface area contributed by atoms with Gasteiger partial charge in [-0.05, 0) is 47.2 Å². The smallest absolute Gasteiger partial charge is 0.255 e. The maximum absolute atomic E-state index is 12.7. The van der Waals surface area contributed by atoms with E-state index in [4.69, 9.17) is 4.74 Å². The number of nitrogens with zero attached hydrogens (tertiary/aromatic N) is 1. The van der Waals surface area contributed by atoms with Crippen LogP contribution in [0.2, 0.25) is 0 Å². The highest BCUT2D eigenvalue weighted by atomic mass is 32.1. The Balaban J connectivity index is 1.28. The van der Waals surface area contributed by atoms with Crippen molar-refractivity contribution in [2.75, 3.05) is 17.7 Å². The van der Waals surface area contributed by atoms with Gasteiger partial charge in [0.2, 0.25) is 0 Å². The number of carbonyl (C=O) groups excluding carboxylic acids is 1. The molecule has 5 aromatic rings. The van der Waals surface area contributed by atoms with Gasteiger partial charge in [-0.3, -0.25) is 4.79 Å². The second-order valence-corrected chi connectivity index (χ2v) is 8.31. The van der Waals surface area contributed by atoms with Gasteiger partial charge < -0.3 is 15.4 Å². The van der Waals surface area contributed by atoms with E-state index in [1.165, 1.54) is 11.3 Å². The molecular weight excluding hydrogens is 430 g/mol. The molecule has 0 aliphatic carbocycles. The molecule has 0 spiro atoms. The highest BCUT2D eigenvalue weighted by molar-refractivity contribution is 7.14. The quantitative estimate of drug-likeness (QED) is 0.293. The molecule has 4 aromatic carbocycles. The molecule has 1 heterocycles. The molecule has 162 valence electrons. The van der Waals surface area contributed by atoms with Crippen molar-refractivity contribution in [2.45, 2.75) is 0 Å². The van der Waals surface area contributed by atoms with E-state index < -0.39 is 0 Å². The Morgan fingerprint density at radius 3 is 2.45 bits per heavy atom. The molecule has 0 saturated carbocycles. The first-order chi connectivity index (χ1) is 16.2. The number of hydrogen-bond acceptors (Lipinski definition) is 5. The van der Waals surface area contributed by atoms with Crippen molar-refractivity contribution in [3.63, 3.8) is 0 Å². The number of amides is 1. The molecule has 5 nitrogen and oxygen atoms in total. The fourth-order valence-electron chi connectivity index (χ4n) is 3.58. The largest absolute Gasteiger partial charge is 0.495 e. The van der Waals surface area contributed by atoms with Gasteiger partial charge in [0.15, 0.2) is 5.13 Å². The van der Waals surface area contributed by atoms with Gasteiger partial charge in [0, 0.05) is 22.2 Å². The first kappa shape index (κ1) is 20.7. The second-order valence-electron chi connectivity index (χ2n) is 7.46. The van der Waals surface area contributed by atoms with Crippen molar-refractivity contribution in [3.8, 4) is 17.0 Å². The summed E-state index contributed by atoms with van der Waals surface area (Å²) in [5.41, 5.74) is 4.07. The Hall–Kier alpha value is -4.16. The number of hydrogen-bond donors (Lipinski definition) is 2. The molecule has 0 saturated heterocycles. The van der Waals surface area contributed by atoms with Crippen LogP contribution in [0.5, 0.6) is 5.75 Å². The van der Waals surface area contributed by atoms with Crippen molar-refractivity contribution in [1.29, 1.82) is 0 Å². The molecule has 0 unspecified atom stereocenters. The molecule has 0 bridgehead atoms. The number of aromatic nitrogens is 1. The second kappa shape index (κ2) is 9.14. The molecule has 2 N–H and O–H groups in total. The average molecular weight is 452 g/mol. The number of fused-ring (bicyclic) bond motifs is 1. The van der Waals surface area contributed by atoms with E-state index in [0.717, 1.165) is 44.3 Å². The van der Waals surface area contributed by atoms with E-state index >= 15 is 0 Å². The van der Waals surface area contributed by atoms with Gasteiger partial charge in [-0.25, -0.2) is 4.98 Å². The lowest BCUT2D eigenvalue weighted by molar-refractivity contribution is 0.102. The van der Waals surface area contributed by atoms with Crippen molar-refractivity contribution < 1.29 is 9.53 Å². The number of carbonyl (C=O) groups is 1. The number of thiazole rings is 1. The number of rotatable bonds is 6. The van der Waals surface area contributed by atoms with E-state index in [0.29, 0.717) is 5.56 Å². The summed E-state index contributed by atoms with van der Waals surface area (Å²) in [5, 5.41) is 11.2. The summed E-state index contributed by atoms with van der Waals surface area (Å²) >= 11 is 1.52. The van der Waals surface area contributed by atoms with Crippen molar-refractivity contribution >= 4 is 44.5 Å². The van der Waals surface area contributed by atoms with E-state index in [-0.39, 0.29) is 5.91 Å². The van der Waals surface area contributed by atoms with Crippen molar-refractivity contribution in [1.82, 2.24) is 4.98 Å². The normalized spacial score (nSPS) is 10.7. The molecule has 0 aliphatic rings. The van der Waals surface area contributed by atoms with Gasteiger partial charge in [0.05, 0.1) is 18.5 Å². The molecule has 6 heteroatoms. The summed E-state index contributed by atoms with van der Waals surface area (Å²) in [6.07, 6.45) is 0. The number of benzene rings is 4.